The number of carbonyl (C=O) groups excluding carboxylic acids is 1. The van der Waals surface area contributed by atoms with Crippen molar-refractivity contribution in [1.29, 1.82) is 0 Å². The van der Waals surface area contributed by atoms with Gasteiger partial charge in [-0.05, 0) is 68.1 Å². The van der Waals surface area contributed by atoms with E-state index >= 15 is 0 Å². The molecule has 0 spiro atoms. The molecule has 30 heavy (non-hydrogen) atoms. The fourth-order valence-corrected chi connectivity index (χ4v) is 5.05. The van der Waals surface area contributed by atoms with Crippen LogP contribution in [0, 0.1) is 0 Å². The molecular formula is C25H25N3O2. The lowest BCUT2D eigenvalue weighted by Crippen LogP contribution is -2.35. The Morgan fingerprint density at radius 3 is 2.83 bits per heavy atom. The fourth-order valence-electron chi connectivity index (χ4n) is 5.05. The minimum Gasteiger partial charge on any atom is -0.445 e. The van der Waals surface area contributed by atoms with E-state index in [9.17, 15) is 4.79 Å². The van der Waals surface area contributed by atoms with E-state index in [0.29, 0.717) is 12.3 Å². The van der Waals surface area contributed by atoms with E-state index in [0.717, 1.165) is 43.1 Å². The Hall–Kier alpha value is -2.92. The van der Waals surface area contributed by atoms with Gasteiger partial charge in [0, 0.05) is 51.9 Å². The van der Waals surface area contributed by atoms with E-state index in [1.165, 1.54) is 46.6 Å². The molecule has 2 aliphatic rings. The van der Waals surface area contributed by atoms with Crippen molar-refractivity contribution in [2.75, 3.05) is 6.54 Å². The number of fused-ring (bicyclic) bond motifs is 5. The zero-order valence-corrected chi connectivity index (χ0v) is 17.0. The van der Waals surface area contributed by atoms with Gasteiger partial charge < -0.3 is 14.3 Å². The van der Waals surface area contributed by atoms with Gasteiger partial charge in [-0.25, -0.2) is 4.98 Å². The highest BCUT2D eigenvalue weighted by Gasteiger charge is 2.25. The molecule has 2 aromatic carbocycles. The first-order valence-electron chi connectivity index (χ1n) is 11.0. The SMILES string of the molecule is O=C1CCc2c1ccc1c2c2cc(-c3ncco3)ccc2n1CCCNC1CCC1. The quantitative estimate of drug-likeness (QED) is 0.458. The number of rotatable bonds is 6. The smallest absolute Gasteiger partial charge is 0.225 e. The second-order valence-corrected chi connectivity index (χ2v) is 8.57. The van der Waals surface area contributed by atoms with E-state index in [1.807, 2.05) is 6.07 Å². The van der Waals surface area contributed by atoms with Gasteiger partial charge in [0.25, 0.3) is 0 Å². The van der Waals surface area contributed by atoms with E-state index in [1.54, 1.807) is 12.5 Å². The molecule has 0 amide bonds. The fraction of sp³-hybridized carbons (Fsp3) is 0.360. The lowest BCUT2D eigenvalue weighted by molar-refractivity contribution is 0.0994. The summed E-state index contributed by atoms with van der Waals surface area (Å²) in [5.74, 6) is 0.896. The van der Waals surface area contributed by atoms with Gasteiger partial charge in [0.15, 0.2) is 5.78 Å². The first-order valence-corrected chi connectivity index (χ1v) is 11.0. The maximum atomic E-state index is 12.4. The lowest BCUT2D eigenvalue weighted by Gasteiger charge is -2.26. The van der Waals surface area contributed by atoms with Crippen LogP contribution in [0.1, 0.15) is 48.0 Å². The van der Waals surface area contributed by atoms with Gasteiger partial charge in [0.1, 0.15) is 6.26 Å². The zero-order valence-electron chi connectivity index (χ0n) is 17.0. The van der Waals surface area contributed by atoms with Crippen molar-refractivity contribution >= 4 is 27.6 Å². The summed E-state index contributed by atoms with van der Waals surface area (Å²) in [6.45, 7) is 2.01. The third kappa shape index (κ3) is 2.80. The third-order valence-electron chi connectivity index (χ3n) is 6.82. The number of oxazole rings is 1. The Kier molecular flexibility index (Phi) is 4.23. The molecule has 4 aromatic rings. The lowest BCUT2D eigenvalue weighted by atomic mass is 9.93. The van der Waals surface area contributed by atoms with Crippen molar-refractivity contribution in [3.05, 3.63) is 53.9 Å². The van der Waals surface area contributed by atoms with Gasteiger partial charge in [0.05, 0.1) is 6.20 Å². The molecule has 2 aromatic heterocycles. The Morgan fingerprint density at radius 1 is 1.13 bits per heavy atom. The van der Waals surface area contributed by atoms with Crippen LogP contribution in [-0.4, -0.2) is 27.9 Å². The number of aromatic nitrogens is 2. The summed E-state index contributed by atoms with van der Waals surface area (Å²) in [4.78, 5) is 16.7. The summed E-state index contributed by atoms with van der Waals surface area (Å²) in [5, 5.41) is 6.10. The Labute approximate surface area is 175 Å². The molecular weight excluding hydrogens is 374 g/mol. The number of carbonyl (C=O) groups is 1. The van der Waals surface area contributed by atoms with E-state index < -0.39 is 0 Å². The standard InChI is InChI=1S/C25H25N3O2/c29-23-10-7-19-18(23)6-9-22-24(19)20-15-16(25-27-12-14-30-25)5-8-21(20)28(22)13-2-11-26-17-3-1-4-17/h5-6,8-9,12,14-15,17,26H,1-4,7,10-11,13H2. The first-order chi connectivity index (χ1) is 14.8. The maximum absolute atomic E-state index is 12.4. The van der Waals surface area contributed by atoms with Crippen LogP contribution in [0.3, 0.4) is 0 Å². The van der Waals surface area contributed by atoms with Gasteiger partial charge in [-0.1, -0.05) is 6.42 Å². The predicted octanol–water partition coefficient (Wildman–Crippen LogP) is 5.11. The van der Waals surface area contributed by atoms with E-state index in [4.69, 9.17) is 4.42 Å². The molecule has 5 heteroatoms. The molecule has 1 saturated carbocycles. The Bertz CT molecular complexity index is 1250. The predicted molar refractivity (Wildman–Crippen MR) is 118 cm³/mol. The molecule has 0 radical (unpaired) electrons. The molecule has 0 bridgehead atoms. The summed E-state index contributed by atoms with van der Waals surface area (Å²) < 4.78 is 7.96. The van der Waals surface area contributed by atoms with Crippen LogP contribution in [0.15, 0.2) is 47.2 Å². The first kappa shape index (κ1) is 17.9. The number of ketones is 1. The topological polar surface area (TPSA) is 60.1 Å². The van der Waals surface area contributed by atoms with Crippen molar-refractivity contribution in [2.24, 2.45) is 0 Å². The molecule has 6 rings (SSSR count). The number of nitrogens with zero attached hydrogens (tertiary/aromatic N) is 2. The van der Waals surface area contributed by atoms with Gasteiger partial charge >= 0.3 is 0 Å². The Balaban J connectivity index is 1.46. The molecule has 152 valence electrons. The van der Waals surface area contributed by atoms with Crippen LogP contribution in [0.4, 0.5) is 0 Å². The number of benzene rings is 2. The molecule has 1 fully saturated rings. The Morgan fingerprint density at radius 2 is 2.03 bits per heavy atom. The van der Waals surface area contributed by atoms with E-state index in [2.05, 4.69) is 39.1 Å². The monoisotopic (exact) mass is 399 g/mol. The van der Waals surface area contributed by atoms with Crippen LogP contribution in [0.2, 0.25) is 0 Å². The van der Waals surface area contributed by atoms with E-state index in [-0.39, 0.29) is 5.78 Å². The average Bonchev–Trinajstić information content (AvgIpc) is 3.45. The number of Topliss-reactive ketones (excluding diaryl/α,β-unsaturated/α-hetero) is 1. The highest BCUT2D eigenvalue weighted by Crippen LogP contribution is 2.38. The normalized spacial score (nSPS) is 16.5. The summed E-state index contributed by atoms with van der Waals surface area (Å²) in [6.07, 6.45) is 9.82. The second-order valence-electron chi connectivity index (χ2n) is 8.57. The van der Waals surface area contributed by atoms with Gasteiger partial charge in [-0.2, -0.15) is 0 Å². The second kappa shape index (κ2) is 7.10. The zero-order chi connectivity index (χ0) is 20.1. The van der Waals surface area contributed by atoms with Crippen LogP contribution >= 0.6 is 0 Å². The number of hydrogen-bond donors (Lipinski definition) is 1. The molecule has 2 aliphatic carbocycles. The summed E-state index contributed by atoms with van der Waals surface area (Å²) in [5.41, 5.74) is 5.52. The van der Waals surface area contributed by atoms with Crippen molar-refractivity contribution in [1.82, 2.24) is 14.9 Å². The summed E-state index contributed by atoms with van der Waals surface area (Å²) in [7, 11) is 0. The molecule has 1 N–H and O–H groups in total. The number of aryl methyl sites for hydroxylation is 2. The minimum atomic E-state index is 0.265. The van der Waals surface area contributed by atoms with Gasteiger partial charge in [0.2, 0.25) is 5.89 Å². The average molecular weight is 399 g/mol. The third-order valence-corrected chi connectivity index (χ3v) is 6.82. The molecule has 5 nitrogen and oxygen atoms in total. The molecule has 2 heterocycles. The van der Waals surface area contributed by atoms with Crippen LogP contribution in [-0.2, 0) is 13.0 Å². The molecule has 0 aliphatic heterocycles. The largest absolute Gasteiger partial charge is 0.445 e. The van der Waals surface area contributed by atoms with Crippen LogP contribution < -0.4 is 5.32 Å². The molecule has 0 atom stereocenters. The summed E-state index contributed by atoms with van der Waals surface area (Å²) in [6, 6.07) is 11.3. The van der Waals surface area contributed by atoms with Gasteiger partial charge in [-0.3, -0.25) is 4.79 Å². The van der Waals surface area contributed by atoms with Crippen molar-refractivity contribution in [2.45, 2.75) is 51.1 Å². The van der Waals surface area contributed by atoms with Crippen LogP contribution in [0.25, 0.3) is 33.3 Å². The minimum absolute atomic E-state index is 0.265. The van der Waals surface area contributed by atoms with Crippen molar-refractivity contribution < 1.29 is 9.21 Å². The maximum Gasteiger partial charge on any atom is 0.225 e. The van der Waals surface area contributed by atoms with Crippen LogP contribution in [0.5, 0.6) is 0 Å². The highest BCUT2D eigenvalue weighted by molar-refractivity contribution is 6.15. The summed E-state index contributed by atoms with van der Waals surface area (Å²) >= 11 is 0. The van der Waals surface area contributed by atoms with Crippen molar-refractivity contribution in [3.8, 4) is 11.5 Å². The highest BCUT2D eigenvalue weighted by atomic mass is 16.3. The number of hydrogen-bond acceptors (Lipinski definition) is 4. The number of nitrogens with one attached hydrogen (secondary N) is 1. The van der Waals surface area contributed by atoms with Gasteiger partial charge in [-0.15, -0.1) is 0 Å². The molecule has 0 saturated heterocycles. The molecule has 0 unspecified atom stereocenters. The van der Waals surface area contributed by atoms with Crippen molar-refractivity contribution in [3.63, 3.8) is 0 Å².